The molecular weight excluding hydrogens is 359 g/mol. The molecule has 1 amide bonds. The molecular formula is C12H11IN4O2. The Morgan fingerprint density at radius 2 is 2.21 bits per heavy atom. The number of nitrogen functional groups attached to an aromatic ring is 1. The molecule has 1 aromatic heterocycles. The summed E-state index contributed by atoms with van der Waals surface area (Å²) in [6.45, 7) is 1.82. The largest absolute Gasteiger partial charge is 0.382 e. The van der Waals surface area contributed by atoms with Crippen LogP contribution in [0, 0.1) is 10.5 Å². The molecule has 4 N–H and O–H groups in total. The van der Waals surface area contributed by atoms with Crippen LogP contribution in [0.4, 0.5) is 11.5 Å². The molecule has 0 aliphatic rings. The minimum atomic E-state index is -0.482. The van der Waals surface area contributed by atoms with E-state index in [9.17, 15) is 9.59 Å². The molecule has 0 unspecified atom stereocenters. The number of halogens is 1. The summed E-state index contributed by atoms with van der Waals surface area (Å²) in [6, 6.07) is 5.48. The molecule has 0 fully saturated rings. The number of carbonyl (C=O) groups excluding carboxylic acids is 1. The maximum atomic E-state index is 12.1. The van der Waals surface area contributed by atoms with Crippen LogP contribution in [0.3, 0.4) is 0 Å². The Labute approximate surface area is 122 Å². The molecule has 0 saturated carbocycles. The summed E-state index contributed by atoms with van der Waals surface area (Å²) in [7, 11) is 0. The normalized spacial score (nSPS) is 10.2. The number of hydrogen-bond acceptors (Lipinski definition) is 4. The van der Waals surface area contributed by atoms with Gasteiger partial charge in [0.1, 0.15) is 5.69 Å². The highest BCUT2D eigenvalue weighted by molar-refractivity contribution is 14.1. The van der Waals surface area contributed by atoms with Crippen LogP contribution in [0.25, 0.3) is 0 Å². The van der Waals surface area contributed by atoms with Crippen molar-refractivity contribution in [3.63, 3.8) is 0 Å². The molecule has 0 aliphatic heterocycles. The molecule has 2 rings (SSSR count). The topological polar surface area (TPSA) is 101 Å². The fraction of sp³-hybridized carbons (Fsp3) is 0.0833. The fourth-order valence-electron chi connectivity index (χ4n) is 1.55. The lowest BCUT2D eigenvalue weighted by Crippen LogP contribution is -2.22. The summed E-state index contributed by atoms with van der Waals surface area (Å²) in [5.74, 6) is -0.401. The van der Waals surface area contributed by atoms with E-state index in [-0.39, 0.29) is 17.4 Å². The second kappa shape index (κ2) is 5.39. The minimum Gasteiger partial charge on any atom is -0.382 e. The molecule has 7 heteroatoms. The van der Waals surface area contributed by atoms with Crippen LogP contribution < -0.4 is 16.6 Å². The van der Waals surface area contributed by atoms with E-state index in [0.717, 1.165) is 9.13 Å². The van der Waals surface area contributed by atoms with Crippen molar-refractivity contribution in [1.29, 1.82) is 0 Å². The Balaban J connectivity index is 2.36. The molecule has 1 heterocycles. The number of nitrogens with one attached hydrogen (secondary N) is 2. The number of anilines is 2. The number of aromatic nitrogens is 2. The number of nitrogens with two attached hydrogens (primary N) is 1. The monoisotopic (exact) mass is 370 g/mol. The van der Waals surface area contributed by atoms with Crippen molar-refractivity contribution in [3.05, 3.63) is 49.6 Å². The quantitative estimate of drug-likeness (QED) is 0.698. The van der Waals surface area contributed by atoms with E-state index in [1.807, 2.05) is 19.1 Å². The highest BCUT2D eigenvalue weighted by Crippen LogP contribution is 2.15. The van der Waals surface area contributed by atoms with E-state index in [1.165, 1.54) is 6.33 Å². The first-order valence-electron chi connectivity index (χ1n) is 5.39. The predicted molar refractivity (Wildman–Crippen MR) is 81.1 cm³/mol. The Morgan fingerprint density at radius 1 is 1.47 bits per heavy atom. The predicted octanol–water partition coefficient (Wildman–Crippen LogP) is 1.52. The second-order valence-corrected chi connectivity index (χ2v) is 5.15. The summed E-state index contributed by atoms with van der Waals surface area (Å²) in [5.41, 5.74) is 6.36. The van der Waals surface area contributed by atoms with Gasteiger partial charge in [-0.05, 0) is 47.2 Å². The van der Waals surface area contributed by atoms with Crippen LogP contribution in [0.5, 0.6) is 0 Å². The van der Waals surface area contributed by atoms with Gasteiger partial charge >= 0.3 is 0 Å². The van der Waals surface area contributed by atoms with Crippen molar-refractivity contribution in [2.45, 2.75) is 6.92 Å². The number of amides is 1. The number of rotatable bonds is 2. The van der Waals surface area contributed by atoms with Crippen LogP contribution in [-0.4, -0.2) is 15.9 Å². The van der Waals surface area contributed by atoms with Gasteiger partial charge in [0.05, 0.1) is 6.33 Å². The van der Waals surface area contributed by atoms with Gasteiger partial charge in [0.25, 0.3) is 11.5 Å². The van der Waals surface area contributed by atoms with Crippen LogP contribution in [-0.2, 0) is 0 Å². The van der Waals surface area contributed by atoms with Crippen molar-refractivity contribution in [2.24, 2.45) is 0 Å². The molecule has 2 aromatic rings. The number of carbonyl (C=O) groups is 1. The Morgan fingerprint density at radius 3 is 2.89 bits per heavy atom. The second-order valence-electron chi connectivity index (χ2n) is 3.91. The molecule has 0 aliphatic carbocycles. The van der Waals surface area contributed by atoms with Crippen molar-refractivity contribution in [2.75, 3.05) is 11.1 Å². The van der Waals surface area contributed by atoms with Gasteiger partial charge in [-0.1, -0.05) is 6.07 Å². The first-order chi connectivity index (χ1) is 8.99. The molecule has 19 heavy (non-hydrogen) atoms. The molecule has 1 aromatic carbocycles. The summed E-state index contributed by atoms with van der Waals surface area (Å²) in [5, 5.41) is 2.49. The number of H-pyrrole nitrogens is 1. The number of aryl methyl sites for hydroxylation is 1. The van der Waals surface area contributed by atoms with Gasteiger partial charge in [0.2, 0.25) is 0 Å². The van der Waals surface area contributed by atoms with Gasteiger partial charge in [-0.2, -0.15) is 0 Å². The highest BCUT2D eigenvalue weighted by Gasteiger charge is 2.14. The third-order valence-electron chi connectivity index (χ3n) is 2.57. The maximum Gasteiger partial charge on any atom is 0.276 e. The van der Waals surface area contributed by atoms with Crippen LogP contribution in [0.1, 0.15) is 15.9 Å². The van der Waals surface area contributed by atoms with E-state index in [2.05, 4.69) is 37.9 Å². The van der Waals surface area contributed by atoms with Gasteiger partial charge in [-0.15, -0.1) is 0 Å². The summed E-state index contributed by atoms with van der Waals surface area (Å²) in [6.07, 6.45) is 1.18. The Bertz CT molecular complexity index is 696. The first kappa shape index (κ1) is 13.5. The molecule has 0 bridgehead atoms. The zero-order valence-electron chi connectivity index (χ0n) is 10.0. The first-order valence-corrected chi connectivity index (χ1v) is 6.47. The lowest BCUT2D eigenvalue weighted by molar-refractivity contribution is 0.102. The fourth-order valence-corrected chi connectivity index (χ4v) is 2.05. The number of nitrogens with zero attached hydrogens (tertiary/aromatic N) is 1. The molecule has 0 saturated heterocycles. The smallest absolute Gasteiger partial charge is 0.276 e. The van der Waals surface area contributed by atoms with Crippen molar-refractivity contribution < 1.29 is 4.79 Å². The van der Waals surface area contributed by atoms with Gasteiger partial charge < -0.3 is 16.0 Å². The third kappa shape index (κ3) is 2.92. The average Bonchev–Trinajstić information content (AvgIpc) is 2.37. The molecule has 0 spiro atoms. The van der Waals surface area contributed by atoms with Gasteiger partial charge in [-0.3, -0.25) is 9.59 Å². The summed E-state index contributed by atoms with van der Waals surface area (Å²) < 4.78 is 0.932. The van der Waals surface area contributed by atoms with Crippen molar-refractivity contribution in [1.82, 2.24) is 9.97 Å². The van der Waals surface area contributed by atoms with E-state index < -0.39 is 5.56 Å². The number of aromatic amines is 1. The highest BCUT2D eigenvalue weighted by atomic mass is 127. The van der Waals surface area contributed by atoms with Crippen molar-refractivity contribution >= 4 is 40.0 Å². The minimum absolute atomic E-state index is 0.0135. The standard InChI is InChI=1S/C12H11IN4O2/c1-6-2-3-7(13)4-8(6)11(18)17-9-10(14)15-5-16-12(9)19/h2-5H,1H3,(H,17,18)(H3,14,15,16,19). The van der Waals surface area contributed by atoms with Crippen LogP contribution in [0.2, 0.25) is 0 Å². The van der Waals surface area contributed by atoms with Crippen molar-refractivity contribution in [3.8, 4) is 0 Å². The van der Waals surface area contributed by atoms with Gasteiger partial charge in [0.15, 0.2) is 5.82 Å². The molecule has 98 valence electrons. The Kier molecular flexibility index (Phi) is 3.84. The molecule has 0 atom stereocenters. The number of benzene rings is 1. The van der Waals surface area contributed by atoms with E-state index in [4.69, 9.17) is 5.73 Å². The number of hydrogen-bond donors (Lipinski definition) is 3. The third-order valence-corrected chi connectivity index (χ3v) is 3.24. The van der Waals surface area contributed by atoms with E-state index >= 15 is 0 Å². The van der Waals surface area contributed by atoms with E-state index in [0.29, 0.717) is 5.56 Å². The summed E-state index contributed by atoms with van der Waals surface area (Å²) >= 11 is 2.11. The molecule has 0 radical (unpaired) electrons. The zero-order chi connectivity index (χ0) is 14.0. The van der Waals surface area contributed by atoms with Gasteiger partial charge in [0, 0.05) is 9.13 Å². The maximum absolute atomic E-state index is 12.1. The van der Waals surface area contributed by atoms with E-state index in [1.54, 1.807) is 6.07 Å². The van der Waals surface area contributed by atoms with Gasteiger partial charge in [-0.25, -0.2) is 4.98 Å². The average molecular weight is 370 g/mol. The molecule has 6 nitrogen and oxygen atoms in total. The lowest BCUT2D eigenvalue weighted by atomic mass is 10.1. The Hall–Kier alpha value is -1.90. The zero-order valence-corrected chi connectivity index (χ0v) is 12.2. The van der Waals surface area contributed by atoms with Crippen LogP contribution in [0.15, 0.2) is 29.3 Å². The lowest BCUT2D eigenvalue weighted by Gasteiger charge is -2.08. The SMILES string of the molecule is Cc1ccc(I)cc1C(=O)Nc1c(N)nc[nH]c1=O. The van der Waals surface area contributed by atoms with Crippen LogP contribution >= 0.6 is 22.6 Å². The summed E-state index contributed by atoms with van der Waals surface area (Å²) in [4.78, 5) is 29.8.